The van der Waals surface area contributed by atoms with Crippen molar-refractivity contribution in [3.8, 4) is 0 Å². The molecular weight excluding hydrogens is 382 g/mol. The van der Waals surface area contributed by atoms with Crippen molar-refractivity contribution in [2.24, 2.45) is 10.9 Å². The Bertz CT molecular complexity index is 1020. The molecule has 3 rings (SSSR count). The van der Waals surface area contributed by atoms with Crippen molar-refractivity contribution in [2.45, 2.75) is 19.8 Å². The van der Waals surface area contributed by atoms with Gasteiger partial charge in [0.25, 0.3) is 5.69 Å². The molecule has 1 aromatic carbocycles. The number of ether oxygens (including phenoxy) is 1. The van der Waals surface area contributed by atoms with Gasteiger partial charge in [-0.2, -0.15) is 0 Å². The molecular formula is C20H18ClN3O4. The van der Waals surface area contributed by atoms with Crippen LogP contribution in [-0.2, 0) is 9.53 Å². The van der Waals surface area contributed by atoms with E-state index in [0.29, 0.717) is 28.1 Å². The molecule has 144 valence electrons. The Morgan fingerprint density at radius 2 is 2.00 bits per heavy atom. The maximum absolute atomic E-state index is 12.6. The number of hydrogen-bond donors (Lipinski definition) is 0. The van der Waals surface area contributed by atoms with Crippen LogP contribution in [0.15, 0.2) is 53.3 Å². The highest BCUT2D eigenvalue weighted by molar-refractivity contribution is 6.31. The van der Waals surface area contributed by atoms with Gasteiger partial charge in [-0.3, -0.25) is 19.9 Å². The van der Waals surface area contributed by atoms with E-state index in [1.807, 2.05) is 6.92 Å². The van der Waals surface area contributed by atoms with E-state index in [1.165, 1.54) is 19.2 Å². The van der Waals surface area contributed by atoms with Crippen LogP contribution in [0.4, 0.5) is 5.69 Å². The van der Waals surface area contributed by atoms with Gasteiger partial charge in [0, 0.05) is 41.2 Å². The van der Waals surface area contributed by atoms with Crippen molar-refractivity contribution in [2.75, 3.05) is 7.11 Å². The molecule has 0 saturated heterocycles. The van der Waals surface area contributed by atoms with Crippen LogP contribution in [-0.4, -0.2) is 28.7 Å². The summed E-state index contributed by atoms with van der Waals surface area (Å²) in [7, 11) is 1.31. The van der Waals surface area contributed by atoms with Crippen molar-refractivity contribution in [1.29, 1.82) is 0 Å². The second-order valence-electron chi connectivity index (χ2n) is 6.42. The van der Waals surface area contributed by atoms with E-state index in [4.69, 9.17) is 16.3 Å². The molecule has 0 N–H and O–H groups in total. The number of esters is 1. The molecule has 0 saturated carbocycles. The number of aliphatic imine (C=N–C) groups is 1. The molecule has 0 radical (unpaired) electrons. The Hall–Kier alpha value is -3.06. The van der Waals surface area contributed by atoms with Gasteiger partial charge in [-0.1, -0.05) is 23.7 Å². The van der Waals surface area contributed by atoms with Crippen LogP contribution in [0, 0.1) is 16.0 Å². The summed E-state index contributed by atoms with van der Waals surface area (Å²) >= 11 is 6.34. The Morgan fingerprint density at radius 3 is 2.64 bits per heavy atom. The zero-order valence-electron chi connectivity index (χ0n) is 15.5. The maximum Gasteiger partial charge on any atom is 0.315 e. The van der Waals surface area contributed by atoms with Gasteiger partial charge >= 0.3 is 5.97 Å². The predicted octanol–water partition coefficient (Wildman–Crippen LogP) is 4.42. The lowest BCUT2D eigenvalue weighted by Gasteiger charge is -2.32. The summed E-state index contributed by atoms with van der Waals surface area (Å²) in [6.45, 7) is 3.57. The predicted molar refractivity (Wildman–Crippen MR) is 106 cm³/mol. The van der Waals surface area contributed by atoms with Gasteiger partial charge in [0.15, 0.2) is 0 Å². The summed E-state index contributed by atoms with van der Waals surface area (Å²) in [4.78, 5) is 32.1. The summed E-state index contributed by atoms with van der Waals surface area (Å²) < 4.78 is 5.01. The summed E-state index contributed by atoms with van der Waals surface area (Å²) in [5.74, 6) is -1.75. The van der Waals surface area contributed by atoms with Crippen molar-refractivity contribution >= 4 is 34.5 Å². The Morgan fingerprint density at radius 1 is 1.25 bits per heavy atom. The molecule has 1 aromatic heterocycles. The molecule has 0 bridgehead atoms. The van der Waals surface area contributed by atoms with E-state index in [1.54, 1.807) is 37.4 Å². The fourth-order valence-corrected chi connectivity index (χ4v) is 3.82. The molecule has 0 amide bonds. The standard InChI is InChI=1S/C20H18ClN3O4/c1-11-16(15-8-5-9-22-19(15)21)18(17(12(2)23-11)20(25)28-3)13-6-4-7-14(10-13)24(26)27/h4-10,17-18H,1-3H3. The van der Waals surface area contributed by atoms with Gasteiger partial charge in [-0.05, 0) is 37.1 Å². The lowest BCUT2D eigenvalue weighted by Crippen LogP contribution is -2.33. The van der Waals surface area contributed by atoms with Crippen molar-refractivity contribution < 1.29 is 14.5 Å². The first kappa shape index (κ1) is 19.7. The zero-order valence-corrected chi connectivity index (χ0v) is 16.3. The van der Waals surface area contributed by atoms with Gasteiger partial charge < -0.3 is 4.74 Å². The zero-order chi connectivity index (χ0) is 20.4. The first-order valence-corrected chi connectivity index (χ1v) is 8.92. The van der Waals surface area contributed by atoms with Gasteiger partial charge in [-0.25, -0.2) is 4.98 Å². The monoisotopic (exact) mass is 399 g/mol. The Kier molecular flexibility index (Phi) is 5.56. The Balaban J connectivity index is 2.29. The van der Waals surface area contributed by atoms with Crippen LogP contribution in [0.25, 0.3) is 5.57 Å². The van der Waals surface area contributed by atoms with E-state index < -0.39 is 22.7 Å². The molecule has 28 heavy (non-hydrogen) atoms. The van der Waals surface area contributed by atoms with Crippen LogP contribution >= 0.6 is 11.6 Å². The van der Waals surface area contributed by atoms with Crippen LogP contribution in [0.3, 0.4) is 0 Å². The van der Waals surface area contributed by atoms with E-state index in [2.05, 4.69) is 9.98 Å². The molecule has 7 nitrogen and oxygen atoms in total. The number of halogens is 1. The quantitative estimate of drug-likeness (QED) is 0.328. The number of methoxy groups -OCH3 is 1. The SMILES string of the molecule is COC(=O)C1C(C)=NC(C)=C(c2cccnc2Cl)C1c1cccc([N+](=O)[O-])c1. The molecule has 0 spiro atoms. The first-order valence-electron chi connectivity index (χ1n) is 8.54. The number of pyridine rings is 1. The Labute approximate surface area is 166 Å². The molecule has 0 fully saturated rings. The van der Waals surface area contributed by atoms with Crippen molar-refractivity contribution in [3.63, 3.8) is 0 Å². The summed E-state index contributed by atoms with van der Waals surface area (Å²) in [6, 6.07) is 9.77. The van der Waals surface area contributed by atoms with Gasteiger partial charge in [0.05, 0.1) is 12.0 Å². The second-order valence-corrected chi connectivity index (χ2v) is 6.78. The summed E-state index contributed by atoms with van der Waals surface area (Å²) in [6.07, 6.45) is 1.57. The molecule has 2 heterocycles. The van der Waals surface area contributed by atoms with Crippen LogP contribution < -0.4 is 0 Å². The number of benzene rings is 1. The van der Waals surface area contributed by atoms with Crippen LogP contribution in [0.2, 0.25) is 5.15 Å². The molecule has 1 aliphatic rings. The number of nitro groups is 1. The highest BCUT2D eigenvalue weighted by atomic mass is 35.5. The largest absolute Gasteiger partial charge is 0.468 e. The number of carbonyl (C=O) groups is 1. The number of nitro benzene ring substituents is 1. The average Bonchev–Trinajstić information content (AvgIpc) is 2.68. The number of non-ortho nitro benzene ring substituents is 1. The van der Waals surface area contributed by atoms with Crippen LogP contribution in [0.1, 0.15) is 30.9 Å². The number of nitrogens with zero attached hydrogens (tertiary/aromatic N) is 3. The molecule has 2 unspecified atom stereocenters. The minimum Gasteiger partial charge on any atom is -0.468 e. The lowest BCUT2D eigenvalue weighted by atomic mass is 9.73. The lowest BCUT2D eigenvalue weighted by molar-refractivity contribution is -0.384. The smallest absolute Gasteiger partial charge is 0.315 e. The molecule has 2 aromatic rings. The molecule has 0 aliphatic carbocycles. The number of carbonyl (C=O) groups excluding carboxylic acids is 1. The topological polar surface area (TPSA) is 94.7 Å². The minimum absolute atomic E-state index is 0.0597. The number of hydrogen-bond acceptors (Lipinski definition) is 6. The van der Waals surface area contributed by atoms with E-state index in [0.717, 1.165) is 0 Å². The van der Waals surface area contributed by atoms with Crippen molar-refractivity contribution in [3.05, 3.63) is 74.7 Å². The number of allylic oxidation sites excluding steroid dienone is 2. The normalized spacial score (nSPS) is 19.2. The molecule has 1 aliphatic heterocycles. The van der Waals surface area contributed by atoms with E-state index in [-0.39, 0.29) is 10.8 Å². The summed E-state index contributed by atoms with van der Waals surface area (Å²) in [5, 5.41) is 11.6. The highest BCUT2D eigenvalue weighted by Gasteiger charge is 2.40. The fourth-order valence-electron chi connectivity index (χ4n) is 3.60. The fraction of sp³-hybridized carbons (Fsp3) is 0.250. The highest BCUT2D eigenvalue weighted by Crippen LogP contribution is 2.46. The number of rotatable bonds is 4. The third-order valence-electron chi connectivity index (χ3n) is 4.77. The summed E-state index contributed by atoms with van der Waals surface area (Å²) in [5.41, 5.74) is 3.11. The van der Waals surface area contributed by atoms with Gasteiger partial charge in [-0.15, -0.1) is 0 Å². The first-order chi connectivity index (χ1) is 13.3. The second kappa shape index (κ2) is 7.90. The molecule has 8 heteroatoms. The van der Waals surface area contributed by atoms with Gasteiger partial charge in [0.2, 0.25) is 0 Å². The van der Waals surface area contributed by atoms with Crippen LogP contribution in [0.5, 0.6) is 0 Å². The third-order valence-corrected chi connectivity index (χ3v) is 5.07. The number of aromatic nitrogens is 1. The third kappa shape index (κ3) is 3.53. The van der Waals surface area contributed by atoms with E-state index >= 15 is 0 Å². The van der Waals surface area contributed by atoms with Gasteiger partial charge in [0.1, 0.15) is 11.1 Å². The maximum atomic E-state index is 12.6. The average molecular weight is 400 g/mol. The van der Waals surface area contributed by atoms with E-state index in [9.17, 15) is 14.9 Å². The minimum atomic E-state index is -0.734. The van der Waals surface area contributed by atoms with Crippen molar-refractivity contribution in [1.82, 2.24) is 4.98 Å². The molecule has 2 atom stereocenters.